The molecule has 0 fully saturated rings. The summed E-state index contributed by atoms with van der Waals surface area (Å²) < 4.78 is 41.4. The molecule has 1 aromatic carbocycles. The van der Waals surface area contributed by atoms with Gasteiger partial charge >= 0.3 is 5.51 Å². The molecule has 0 spiro atoms. The topological polar surface area (TPSA) is 38.3 Å². The van der Waals surface area contributed by atoms with Crippen LogP contribution in [0.25, 0.3) is 0 Å². The zero-order valence-corrected chi connectivity index (χ0v) is 11.6. The monoisotopic (exact) mass is 313 g/mol. The molecule has 19 heavy (non-hydrogen) atoms. The van der Waals surface area contributed by atoms with Crippen molar-refractivity contribution in [1.82, 2.24) is 0 Å². The maximum Gasteiger partial charge on any atom is 0.442 e. The van der Waals surface area contributed by atoms with Gasteiger partial charge < -0.3 is 10.1 Å². The number of nitrogens with one attached hydrogen (secondary N) is 1. The predicted octanol–water partition coefficient (Wildman–Crippen LogP) is 3.93. The van der Waals surface area contributed by atoms with E-state index in [1.54, 1.807) is 6.07 Å². The summed E-state index contributed by atoms with van der Waals surface area (Å²) >= 11 is 5.37. The lowest BCUT2D eigenvalue weighted by Gasteiger charge is -2.15. The molecule has 106 valence electrons. The number of carbonyl (C=O) groups is 1. The first-order valence-electron chi connectivity index (χ1n) is 5.12. The Kier molecular flexibility index (Phi) is 5.37. The van der Waals surface area contributed by atoms with Crippen LogP contribution in [0.4, 0.5) is 18.9 Å². The van der Waals surface area contributed by atoms with Gasteiger partial charge in [-0.15, -0.1) is 0 Å². The number of halogens is 4. The van der Waals surface area contributed by atoms with E-state index in [0.717, 1.165) is 0 Å². The maximum absolute atomic E-state index is 12.2. The summed E-state index contributed by atoms with van der Waals surface area (Å²) in [6, 6.07) is 4.46. The molecule has 8 heteroatoms. The molecule has 1 amide bonds. The number of anilines is 1. The molecule has 0 saturated carbocycles. The molecule has 0 aliphatic rings. The van der Waals surface area contributed by atoms with E-state index in [2.05, 4.69) is 5.32 Å². The standard InChI is InChI=1S/C11H11ClF3NO2S/c1-6(19-11(13,14)15)10(17)16-8-5-7(12)3-4-9(8)18-2/h3-6H,1-2H3,(H,16,17)/t6-/m0/s1. The third-order valence-corrected chi connectivity index (χ3v) is 3.17. The number of ether oxygens (including phenoxy) is 1. The van der Waals surface area contributed by atoms with Crippen molar-refractivity contribution in [3.63, 3.8) is 0 Å². The molecule has 1 rings (SSSR count). The lowest BCUT2D eigenvalue weighted by Crippen LogP contribution is -2.25. The molecule has 0 heterocycles. The van der Waals surface area contributed by atoms with Gasteiger partial charge in [-0.2, -0.15) is 13.2 Å². The highest BCUT2D eigenvalue weighted by Gasteiger charge is 2.34. The second-order valence-electron chi connectivity index (χ2n) is 3.54. The van der Waals surface area contributed by atoms with E-state index in [-0.39, 0.29) is 17.4 Å². The largest absolute Gasteiger partial charge is 0.495 e. The SMILES string of the molecule is COc1ccc(Cl)cc1NC(=O)[C@H](C)SC(F)(F)F. The zero-order valence-electron chi connectivity index (χ0n) is 10.0. The molecule has 1 atom stereocenters. The van der Waals surface area contributed by atoms with Crippen LogP contribution in [-0.2, 0) is 4.79 Å². The molecule has 0 aliphatic heterocycles. The maximum atomic E-state index is 12.2. The number of carbonyl (C=O) groups excluding carboxylic acids is 1. The number of benzene rings is 1. The molecule has 3 nitrogen and oxygen atoms in total. The average molecular weight is 314 g/mol. The fraction of sp³-hybridized carbons (Fsp3) is 0.364. The Bertz CT molecular complexity index is 468. The smallest absolute Gasteiger partial charge is 0.442 e. The van der Waals surface area contributed by atoms with Gasteiger partial charge in [0, 0.05) is 5.02 Å². The highest BCUT2D eigenvalue weighted by atomic mass is 35.5. The quantitative estimate of drug-likeness (QED) is 0.915. The Hall–Kier alpha value is -1.08. The first kappa shape index (κ1) is 16.0. The number of alkyl halides is 3. The van der Waals surface area contributed by atoms with E-state index in [1.165, 1.54) is 26.2 Å². The van der Waals surface area contributed by atoms with Gasteiger partial charge in [-0.25, -0.2) is 0 Å². The van der Waals surface area contributed by atoms with Crippen LogP contribution in [0.15, 0.2) is 18.2 Å². The summed E-state index contributed by atoms with van der Waals surface area (Å²) in [6.45, 7) is 1.17. The lowest BCUT2D eigenvalue weighted by molar-refractivity contribution is -0.115. The first-order chi connectivity index (χ1) is 8.73. The molecule has 0 aromatic heterocycles. The molecule has 0 radical (unpaired) electrons. The summed E-state index contributed by atoms with van der Waals surface area (Å²) in [5.41, 5.74) is -4.23. The van der Waals surface area contributed by atoms with Gasteiger partial charge in [-0.3, -0.25) is 4.79 Å². The summed E-state index contributed by atoms with van der Waals surface area (Å²) in [6.07, 6.45) is 0. The molecular weight excluding hydrogens is 303 g/mol. The Labute approximate surface area is 117 Å². The molecule has 0 bridgehead atoms. The van der Waals surface area contributed by atoms with E-state index in [4.69, 9.17) is 16.3 Å². The average Bonchev–Trinajstić information content (AvgIpc) is 2.27. The molecule has 1 N–H and O–H groups in total. The van der Waals surface area contributed by atoms with E-state index < -0.39 is 16.7 Å². The van der Waals surface area contributed by atoms with Gasteiger partial charge in [0.1, 0.15) is 5.75 Å². The molecule has 0 saturated heterocycles. The van der Waals surface area contributed by atoms with Crippen molar-refractivity contribution in [3.8, 4) is 5.75 Å². The van der Waals surface area contributed by atoms with Crippen LogP contribution in [0, 0.1) is 0 Å². The van der Waals surface area contributed by atoms with E-state index >= 15 is 0 Å². The lowest BCUT2D eigenvalue weighted by atomic mass is 10.3. The fourth-order valence-corrected chi connectivity index (χ4v) is 2.01. The summed E-state index contributed by atoms with van der Waals surface area (Å²) in [5.74, 6) is -0.454. The third-order valence-electron chi connectivity index (χ3n) is 2.10. The molecule has 0 unspecified atom stereocenters. The van der Waals surface area contributed by atoms with Crippen molar-refractivity contribution in [3.05, 3.63) is 23.2 Å². The first-order valence-corrected chi connectivity index (χ1v) is 6.37. The Morgan fingerprint density at radius 2 is 2.11 bits per heavy atom. The number of thioether (sulfide) groups is 1. The van der Waals surface area contributed by atoms with Gasteiger partial charge in [0.25, 0.3) is 0 Å². The Morgan fingerprint density at radius 3 is 2.63 bits per heavy atom. The van der Waals surface area contributed by atoms with Crippen molar-refractivity contribution >= 4 is 35.0 Å². The Balaban J connectivity index is 2.79. The van der Waals surface area contributed by atoms with Crippen LogP contribution in [0.1, 0.15) is 6.92 Å². The fourth-order valence-electron chi connectivity index (χ4n) is 1.27. The van der Waals surface area contributed by atoms with Crippen molar-refractivity contribution in [2.45, 2.75) is 17.7 Å². The van der Waals surface area contributed by atoms with Crippen LogP contribution in [-0.4, -0.2) is 23.8 Å². The van der Waals surface area contributed by atoms with Crippen molar-refractivity contribution in [2.24, 2.45) is 0 Å². The van der Waals surface area contributed by atoms with Gasteiger partial charge in [0.05, 0.1) is 18.0 Å². The van der Waals surface area contributed by atoms with Crippen molar-refractivity contribution in [2.75, 3.05) is 12.4 Å². The zero-order chi connectivity index (χ0) is 14.6. The molecule has 0 aliphatic carbocycles. The number of hydrogen-bond acceptors (Lipinski definition) is 3. The second-order valence-corrected chi connectivity index (χ2v) is 5.38. The second kappa shape index (κ2) is 6.38. The van der Waals surface area contributed by atoms with Crippen LogP contribution in [0.2, 0.25) is 5.02 Å². The summed E-state index contributed by atoms with van der Waals surface area (Å²) in [4.78, 5) is 11.6. The highest BCUT2D eigenvalue weighted by molar-refractivity contribution is 8.01. The van der Waals surface area contributed by atoms with Crippen LogP contribution in [0.3, 0.4) is 0 Å². The van der Waals surface area contributed by atoms with Crippen LogP contribution in [0.5, 0.6) is 5.75 Å². The van der Waals surface area contributed by atoms with E-state index in [0.29, 0.717) is 10.8 Å². The molecular formula is C11H11ClF3NO2S. The van der Waals surface area contributed by atoms with E-state index in [9.17, 15) is 18.0 Å². The van der Waals surface area contributed by atoms with Crippen molar-refractivity contribution in [1.29, 1.82) is 0 Å². The summed E-state index contributed by atoms with van der Waals surface area (Å²) in [7, 11) is 1.38. The highest BCUT2D eigenvalue weighted by Crippen LogP contribution is 2.35. The number of hydrogen-bond donors (Lipinski definition) is 1. The number of methoxy groups -OCH3 is 1. The third kappa shape index (κ3) is 5.20. The van der Waals surface area contributed by atoms with E-state index in [1.807, 2.05) is 0 Å². The van der Waals surface area contributed by atoms with Gasteiger partial charge in [-0.05, 0) is 36.9 Å². The van der Waals surface area contributed by atoms with Crippen LogP contribution < -0.4 is 10.1 Å². The number of amides is 1. The van der Waals surface area contributed by atoms with Crippen LogP contribution >= 0.6 is 23.4 Å². The Morgan fingerprint density at radius 1 is 1.47 bits per heavy atom. The van der Waals surface area contributed by atoms with Gasteiger partial charge in [-0.1, -0.05) is 11.6 Å². The van der Waals surface area contributed by atoms with Crippen molar-refractivity contribution < 1.29 is 22.7 Å². The minimum absolute atomic E-state index is 0.231. The molecule has 1 aromatic rings. The minimum atomic E-state index is -4.46. The minimum Gasteiger partial charge on any atom is -0.495 e. The number of rotatable bonds is 4. The predicted molar refractivity (Wildman–Crippen MR) is 69.7 cm³/mol. The summed E-state index contributed by atoms with van der Waals surface area (Å²) in [5, 5.41) is 1.42. The normalized spacial score (nSPS) is 12.9. The van der Waals surface area contributed by atoms with Gasteiger partial charge in [0.2, 0.25) is 5.91 Å². The van der Waals surface area contributed by atoms with Gasteiger partial charge in [0.15, 0.2) is 0 Å².